The molecule has 19 heavy (non-hydrogen) atoms. The highest BCUT2D eigenvalue weighted by Crippen LogP contribution is 2.20. The smallest absolute Gasteiger partial charge is 0.266 e. The number of H-pyrrole nitrogens is 1. The summed E-state index contributed by atoms with van der Waals surface area (Å²) in [4.78, 5) is 25.6. The van der Waals surface area contributed by atoms with Gasteiger partial charge in [0.25, 0.3) is 11.5 Å². The molecule has 1 heterocycles. The van der Waals surface area contributed by atoms with Gasteiger partial charge in [-0.25, -0.2) is 0 Å². The Hall–Kier alpha value is -1.33. The average molecular weight is 285 g/mol. The minimum atomic E-state index is -0.390. The maximum atomic E-state index is 12.0. The molecule has 6 heteroatoms. The Morgan fingerprint density at radius 1 is 1.42 bits per heavy atom. The Balaban J connectivity index is 1.94. The Labute approximate surface area is 116 Å². The molecule has 0 bridgehead atoms. The van der Waals surface area contributed by atoms with E-state index in [1.165, 1.54) is 12.3 Å². The number of hydrogen-bond donors (Lipinski definition) is 2. The zero-order chi connectivity index (χ0) is 13.8. The topological polar surface area (TPSA) is 71.2 Å². The first-order chi connectivity index (χ1) is 9.10. The predicted molar refractivity (Wildman–Crippen MR) is 72.6 cm³/mol. The van der Waals surface area contributed by atoms with Crippen LogP contribution in [0.4, 0.5) is 0 Å². The first-order valence-electron chi connectivity index (χ1n) is 6.32. The van der Waals surface area contributed by atoms with Gasteiger partial charge in [0, 0.05) is 19.3 Å². The zero-order valence-electron chi connectivity index (χ0n) is 10.7. The van der Waals surface area contributed by atoms with Crippen LogP contribution in [0.25, 0.3) is 0 Å². The molecule has 0 aromatic carbocycles. The third-order valence-electron chi connectivity index (χ3n) is 3.46. The van der Waals surface area contributed by atoms with Crippen LogP contribution in [-0.2, 0) is 4.74 Å². The average Bonchev–Trinajstić information content (AvgIpc) is 2.42. The van der Waals surface area contributed by atoms with Gasteiger partial charge in [0.15, 0.2) is 0 Å². The standard InChI is InChI=1S/C13H17ClN2O3/c1-19-10-4-2-9(3-5-10)16-12(17)8-6-11(14)13(18)15-7-8/h6-7,9-10H,2-5H2,1H3,(H,15,18)(H,16,17). The molecular formula is C13H17ClN2O3. The molecule has 104 valence electrons. The molecule has 0 saturated heterocycles. The summed E-state index contributed by atoms with van der Waals surface area (Å²) in [6.07, 6.45) is 5.39. The van der Waals surface area contributed by atoms with E-state index in [2.05, 4.69) is 10.3 Å². The number of carbonyl (C=O) groups is 1. The number of methoxy groups -OCH3 is 1. The van der Waals surface area contributed by atoms with Gasteiger partial charge in [-0.1, -0.05) is 11.6 Å². The number of rotatable bonds is 3. The fourth-order valence-electron chi connectivity index (χ4n) is 2.30. The van der Waals surface area contributed by atoms with Gasteiger partial charge in [-0.3, -0.25) is 9.59 Å². The Kier molecular flexibility index (Phi) is 4.61. The highest BCUT2D eigenvalue weighted by Gasteiger charge is 2.22. The Morgan fingerprint density at radius 3 is 2.68 bits per heavy atom. The summed E-state index contributed by atoms with van der Waals surface area (Å²) in [7, 11) is 1.71. The number of hydrogen-bond acceptors (Lipinski definition) is 3. The monoisotopic (exact) mass is 284 g/mol. The van der Waals surface area contributed by atoms with Crippen molar-refractivity contribution in [2.75, 3.05) is 7.11 Å². The molecule has 1 amide bonds. The lowest BCUT2D eigenvalue weighted by Crippen LogP contribution is -2.39. The van der Waals surface area contributed by atoms with E-state index in [4.69, 9.17) is 16.3 Å². The first-order valence-corrected chi connectivity index (χ1v) is 6.70. The van der Waals surface area contributed by atoms with Crippen molar-refractivity contribution in [2.24, 2.45) is 0 Å². The maximum Gasteiger partial charge on any atom is 0.266 e. The third-order valence-corrected chi connectivity index (χ3v) is 3.74. The Bertz CT molecular complexity index is 507. The van der Waals surface area contributed by atoms with Crippen LogP contribution < -0.4 is 10.9 Å². The minimum absolute atomic E-state index is 0.0238. The summed E-state index contributed by atoms with van der Waals surface area (Å²) in [5.41, 5.74) is -0.0164. The van der Waals surface area contributed by atoms with Crippen molar-refractivity contribution in [1.82, 2.24) is 10.3 Å². The zero-order valence-corrected chi connectivity index (χ0v) is 11.5. The van der Waals surface area contributed by atoms with Gasteiger partial charge in [0.05, 0.1) is 11.7 Å². The summed E-state index contributed by atoms with van der Waals surface area (Å²) in [5, 5.41) is 2.98. The normalized spacial score (nSPS) is 23.1. The van der Waals surface area contributed by atoms with Crippen molar-refractivity contribution in [2.45, 2.75) is 37.8 Å². The van der Waals surface area contributed by atoms with E-state index in [0.717, 1.165) is 25.7 Å². The van der Waals surface area contributed by atoms with Gasteiger partial charge in [-0.15, -0.1) is 0 Å². The second-order valence-corrected chi connectivity index (χ2v) is 5.16. The van der Waals surface area contributed by atoms with E-state index in [9.17, 15) is 9.59 Å². The van der Waals surface area contributed by atoms with Gasteiger partial charge >= 0.3 is 0 Å². The van der Waals surface area contributed by atoms with Crippen molar-refractivity contribution in [1.29, 1.82) is 0 Å². The summed E-state index contributed by atoms with van der Waals surface area (Å²) < 4.78 is 5.29. The summed E-state index contributed by atoms with van der Waals surface area (Å²) in [6.45, 7) is 0. The second-order valence-electron chi connectivity index (χ2n) is 4.75. The second kappa shape index (κ2) is 6.21. The lowest BCUT2D eigenvalue weighted by atomic mass is 9.93. The van der Waals surface area contributed by atoms with Crippen LogP contribution in [0.1, 0.15) is 36.0 Å². The molecule has 5 nitrogen and oxygen atoms in total. The number of halogens is 1. The van der Waals surface area contributed by atoms with Crippen LogP contribution in [0, 0.1) is 0 Å². The number of aromatic amines is 1. The summed E-state index contributed by atoms with van der Waals surface area (Å²) >= 11 is 5.70. The molecule has 0 spiro atoms. The quantitative estimate of drug-likeness (QED) is 0.888. The molecule has 1 saturated carbocycles. The molecule has 1 aromatic heterocycles. The number of nitrogens with one attached hydrogen (secondary N) is 2. The number of aromatic nitrogens is 1. The molecule has 1 aliphatic rings. The number of amides is 1. The molecule has 0 radical (unpaired) electrons. The van der Waals surface area contributed by atoms with Gasteiger partial charge in [-0.2, -0.15) is 0 Å². The van der Waals surface area contributed by atoms with Gasteiger partial charge in [0.2, 0.25) is 0 Å². The summed E-state index contributed by atoms with van der Waals surface area (Å²) in [6, 6.07) is 1.54. The molecule has 2 N–H and O–H groups in total. The number of pyridine rings is 1. The van der Waals surface area contributed by atoms with E-state index >= 15 is 0 Å². The fourth-order valence-corrected chi connectivity index (χ4v) is 2.47. The van der Waals surface area contributed by atoms with E-state index in [-0.39, 0.29) is 22.5 Å². The molecule has 1 fully saturated rings. The van der Waals surface area contributed by atoms with Crippen LogP contribution in [-0.4, -0.2) is 30.1 Å². The van der Waals surface area contributed by atoms with Crippen molar-refractivity contribution in [3.05, 3.63) is 33.2 Å². The predicted octanol–water partition coefficient (Wildman–Crippen LogP) is 1.72. The lowest BCUT2D eigenvalue weighted by molar-refractivity contribution is 0.0599. The van der Waals surface area contributed by atoms with Crippen LogP contribution in [0.15, 0.2) is 17.1 Å². The van der Waals surface area contributed by atoms with Crippen molar-refractivity contribution in [3.63, 3.8) is 0 Å². The number of carbonyl (C=O) groups excluding carboxylic acids is 1. The largest absolute Gasteiger partial charge is 0.381 e. The molecule has 0 atom stereocenters. The molecular weight excluding hydrogens is 268 g/mol. The van der Waals surface area contributed by atoms with E-state index in [1.807, 2.05) is 0 Å². The van der Waals surface area contributed by atoms with Crippen molar-refractivity contribution < 1.29 is 9.53 Å². The Morgan fingerprint density at radius 2 is 2.11 bits per heavy atom. The molecule has 0 aliphatic heterocycles. The maximum absolute atomic E-state index is 12.0. The van der Waals surface area contributed by atoms with Gasteiger partial charge in [0.1, 0.15) is 5.02 Å². The van der Waals surface area contributed by atoms with E-state index in [1.54, 1.807) is 7.11 Å². The molecule has 1 aliphatic carbocycles. The first kappa shape index (κ1) is 14.1. The summed E-state index contributed by atoms with van der Waals surface area (Å²) in [5.74, 6) is -0.209. The van der Waals surface area contributed by atoms with E-state index < -0.39 is 0 Å². The van der Waals surface area contributed by atoms with Crippen LogP contribution in [0.2, 0.25) is 5.02 Å². The SMILES string of the molecule is COC1CCC(NC(=O)c2c[nH]c(=O)c(Cl)c2)CC1. The lowest BCUT2D eigenvalue weighted by Gasteiger charge is -2.28. The molecule has 0 unspecified atom stereocenters. The minimum Gasteiger partial charge on any atom is -0.381 e. The van der Waals surface area contributed by atoms with Gasteiger partial charge < -0.3 is 15.0 Å². The van der Waals surface area contributed by atoms with E-state index in [0.29, 0.717) is 11.7 Å². The van der Waals surface area contributed by atoms with Crippen LogP contribution >= 0.6 is 11.6 Å². The van der Waals surface area contributed by atoms with Gasteiger partial charge in [-0.05, 0) is 31.7 Å². The van der Waals surface area contributed by atoms with Crippen molar-refractivity contribution >= 4 is 17.5 Å². The highest BCUT2D eigenvalue weighted by molar-refractivity contribution is 6.30. The van der Waals surface area contributed by atoms with Crippen LogP contribution in [0.3, 0.4) is 0 Å². The highest BCUT2D eigenvalue weighted by atomic mass is 35.5. The van der Waals surface area contributed by atoms with Crippen molar-refractivity contribution in [3.8, 4) is 0 Å². The fraction of sp³-hybridized carbons (Fsp3) is 0.538. The van der Waals surface area contributed by atoms with Crippen LogP contribution in [0.5, 0.6) is 0 Å². The molecule has 2 rings (SSSR count). The third kappa shape index (κ3) is 3.58. The number of ether oxygens (including phenoxy) is 1. The molecule has 1 aromatic rings.